The molecule has 1 unspecified atom stereocenters. The van der Waals surface area contributed by atoms with Crippen molar-refractivity contribution in [2.24, 2.45) is 0 Å². The summed E-state index contributed by atoms with van der Waals surface area (Å²) in [5, 5.41) is 12.2. The van der Waals surface area contributed by atoms with Crippen LogP contribution in [0.4, 0.5) is 4.39 Å². The van der Waals surface area contributed by atoms with Gasteiger partial charge in [0.25, 0.3) is 0 Å². The highest BCUT2D eigenvalue weighted by Gasteiger charge is 2.07. The van der Waals surface area contributed by atoms with Gasteiger partial charge in [-0.2, -0.15) is 0 Å². The molecule has 3 heteroatoms. The van der Waals surface area contributed by atoms with Gasteiger partial charge in [-0.15, -0.1) is 0 Å². The molecule has 1 atom stereocenters. The van der Waals surface area contributed by atoms with Gasteiger partial charge in [-0.25, -0.2) is 0 Å². The van der Waals surface area contributed by atoms with Gasteiger partial charge >= 0.3 is 0 Å². The van der Waals surface area contributed by atoms with Crippen LogP contribution in [0.15, 0.2) is 30.3 Å². The zero-order chi connectivity index (χ0) is 10.2. The Balaban J connectivity index is 2.46. The van der Waals surface area contributed by atoms with Crippen LogP contribution >= 0.6 is 0 Å². The summed E-state index contributed by atoms with van der Waals surface area (Å²) in [4.78, 5) is 0. The molecule has 2 N–H and O–H groups in total. The van der Waals surface area contributed by atoms with Crippen LogP contribution in [0.5, 0.6) is 0 Å². The Kier molecular flexibility index (Phi) is 5.19. The Morgan fingerprint density at radius 3 is 2.57 bits per heavy atom. The largest absolute Gasteiger partial charge is 0.394 e. The number of halogens is 1. The van der Waals surface area contributed by atoms with Crippen LogP contribution in [0.1, 0.15) is 18.0 Å². The molecule has 0 aromatic heterocycles. The molecule has 0 bridgehead atoms. The van der Waals surface area contributed by atoms with E-state index in [0.29, 0.717) is 13.0 Å². The molecule has 14 heavy (non-hydrogen) atoms. The van der Waals surface area contributed by atoms with Crippen LogP contribution in [0.3, 0.4) is 0 Å². The summed E-state index contributed by atoms with van der Waals surface area (Å²) in [6, 6.07) is 9.60. The quantitative estimate of drug-likeness (QED) is 0.680. The van der Waals surface area contributed by atoms with Gasteiger partial charge in [-0.05, 0) is 18.5 Å². The number of hydrogen-bond acceptors (Lipinski definition) is 2. The summed E-state index contributed by atoms with van der Waals surface area (Å²) < 4.78 is 11.8. The van der Waals surface area contributed by atoms with Gasteiger partial charge < -0.3 is 10.4 Å². The van der Waals surface area contributed by atoms with E-state index in [1.807, 2.05) is 30.3 Å². The van der Waals surface area contributed by atoms with Gasteiger partial charge in [0.15, 0.2) is 0 Å². The molecule has 0 aliphatic rings. The van der Waals surface area contributed by atoms with E-state index in [9.17, 15) is 4.39 Å². The van der Waals surface area contributed by atoms with Crippen LogP contribution in [-0.2, 0) is 0 Å². The summed E-state index contributed by atoms with van der Waals surface area (Å²) in [6.07, 6.45) is 0.489. The van der Waals surface area contributed by atoms with Gasteiger partial charge in [-0.3, -0.25) is 4.39 Å². The molecule has 0 aliphatic heterocycles. The Morgan fingerprint density at radius 2 is 2.00 bits per heavy atom. The molecular weight excluding hydrogens is 181 g/mol. The smallest absolute Gasteiger partial charge is 0.0906 e. The van der Waals surface area contributed by atoms with Gasteiger partial charge in [0, 0.05) is 0 Å². The molecule has 1 aromatic rings. The highest BCUT2D eigenvalue weighted by molar-refractivity contribution is 5.18. The minimum Gasteiger partial charge on any atom is -0.394 e. The van der Waals surface area contributed by atoms with Gasteiger partial charge in [0.2, 0.25) is 0 Å². The van der Waals surface area contributed by atoms with Crippen LogP contribution in [0, 0.1) is 0 Å². The van der Waals surface area contributed by atoms with Crippen molar-refractivity contribution in [1.29, 1.82) is 0 Å². The number of rotatable bonds is 6. The monoisotopic (exact) mass is 197 g/mol. The lowest BCUT2D eigenvalue weighted by Gasteiger charge is -2.15. The molecular formula is C11H16FNO. The second-order valence-electron chi connectivity index (χ2n) is 3.14. The highest BCUT2D eigenvalue weighted by Crippen LogP contribution is 2.10. The number of hydrogen-bond donors (Lipinski definition) is 2. The Bertz CT molecular complexity index is 240. The highest BCUT2D eigenvalue weighted by atomic mass is 19.1. The van der Waals surface area contributed by atoms with Crippen LogP contribution in [0.25, 0.3) is 0 Å². The van der Waals surface area contributed by atoms with E-state index in [2.05, 4.69) is 5.32 Å². The van der Waals surface area contributed by atoms with Crippen molar-refractivity contribution in [2.45, 2.75) is 12.5 Å². The van der Waals surface area contributed by atoms with Crippen molar-refractivity contribution in [3.05, 3.63) is 35.9 Å². The van der Waals surface area contributed by atoms with Gasteiger partial charge in [0.05, 0.1) is 19.3 Å². The van der Waals surface area contributed by atoms with Crippen LogP contribution in [0.2, 0.25) is 0 Å². The molecule has 0 aliphatic carbocycles. The van der Waals surface area contributed by atoms with E-state index in [-0.39, 0.29) is 19.3 Å². The summed E-state index contributed by atoms with van der Waals surface area (Å²) >= 11 is 0. The molecule has 0 spiro atoms. The van der Waals surface area contributed by atoms with E-state index in [1.54, 1.807) is 0 Å². The first-order chi connectivity index (χ1) is 6.88. The predicted octanol–water partition coefficient (Wildman–Crippen LogP) is 1.67. The fourth-order valence-corrected chi connectivity index (χ4v) is 1.32. The van der Waals surface area contributed by atoms with Crippen molar-refractivity contribution < 1.29 is 9.50 Å². The van der Waals surface area contributed by atoms with Crippen molar-refractivity contribution in [3.63, 3.8) is 0 Å². The molecule has 0 radical (unpaired) electrons. The molecule has 0 saturated carbocycles. The lowest BCUT2D eigenvalue weighted by Crippen LogP contribution is -2.25. The number of nitrogens with one attached hydrogen (secondary N) is 1. The third-order valence-corrected chi connectivity index (χ3v) is 2.09. The molecule has 0 fully saturated rings. The molecule has 0 heterocycles. The fraction of sp³-hybridized carbons (Fsp3) is 0.455. The lowest BCUT2D eigenvalue weighted by molar-refractivity contribution is 0.243. The van der Waals surface area contributed by atoms with Crippen molar-refractivity contribution in [1.82, 2.24) is 5.32 Å². The standard InChI is InChI=1S/C11H16FNO/c12-7-4-8-13-11(9-14)10-5-2-1-3-6-10/h1-3,5-6,11,13-14H,4,7-9H2. The van der Waals surface area contributed by atoms with Crippen LogP contribution < -0.4 is 5.32 Å². The van der Waals surface area contributed by atoms with Crippen molar-refractivity contribution in [3.8, 4) is 0 Å². The summed E-state index contributed by atoms with van der Waals surface area (Å²) in [5.74, 6) is 0. The molecule has 78 valence electrons. The fourth-order valence-electron chi connectivity index (χ4n) is 1.32. The number of alkyl halides is 1. The zero-order valence-corrected chi connectivity index (χ0v) is 8.12. The third kappa shape index (κ3) is 3.44. The van der Waals surface area contributed by atoms with Crippen LogP contribution in [-0.4, -0.2) is 24.9 Å². The van der Waals surface area contributed by atoms with E-state index in [1.165, 1.54) is 0 Å². The summed E-state index contributed by atoms with van der Waals surface area (Å²) in [5.41, 5.74) is 1.04. The Morgan fingerprint density at radius 1 is 1.29 bits per heavy atom. The minimum absolute atomic E-state index is 0.0380. The van der Waals surface area contributed by atoms with E-state index in [4.69, 9.17) is 5.11 Å². The van der Waals surface area contributed by atoms with Gasteiger partial charge in [-0.1, -0.05) is 30.3 Å². The van der Waals surface area contributed by atoms with Crippen molar-refractivity contribution in [2.75, 3.05) is 19.8 Å². The molecule has 1 rings (SSSR count). The van der Waals surface area contributed by atoms with Gasteiger partial charge in [0.1, 0.15) is 0 Å². The zero-order valence-electron chi connectivity index (χ0n) is 8.12. The predicted molar refractivity (Wildman–Crippen MR) is 54.9 cm³/mol. The maximum absolute atomic E-state index is 11.8. The number of aliphatic hydroxyl groups is 1. The molecule has 0 saturated heterocycles. The topological polar surface area (TPSA) is 32.3 Å². The summed E-state index contributed by atoms with van der Waals surface area (Å²) in [7, 11) is 0. The molecule has 1 aromatic carbocycles. The maximum Gasteiger partial charge on any atom is 0.0906 e. The SMILES string of the molecule is OCC(NCCCF)c1ccccc1. The number of benzene rings is 1. The minimum atomic E-state index is -0.320. The average Bonchev–Trinajstić information content (AvgIpc) is 2.26. The first-order valence-electron chi connectivity index (χ1n) is 4.83. The van der Waals surface area contributed by atoms with E-state index < -0.39 is 0 Å². The summed E-state index contributed by atoms with van der Waals surface area (Å²) in [6.45, 7) is 0.312. The average molecular weight is 197 g/mol. The molecule has 2 nitrogen and oxygen atoms in total. The van der Waals surface area contributed by atoms with Crippen molar-refractivity contribution >= 4 is 0 Å². The Hall–Kier alpha value is -0.930. The molecule has 0 amide bonds. The van der Waals surface area contributed by atoms with E-state index >= 15 is 0 Å². The second kappa shape index (κ2) is 6.51. The first-order valence-corrected chi connectivity index (χ1v) is 4.83. The Labute approximate surface area is 83.8 Å². The third-order valence-electron chi connectivity index (χ3n) is 2.09. The maximum atomic E-state index is 11.8. The van der Waals surface area contributed by atoms with E-state index in [0.717, 1.165) is 5.56 Å². The normalized spacial score (nSPS) is 12.7. The first kappa shape index (κ1) is 11.1. The lowest BCUT2D eigenvalue weighted by atomic mass is 10.1. The second-order valence-corrected chi connectivity index (χ2v) is 3.14. The number of aliphatic hydroxyl groups excluding tert-OH is 1.